The van der Waals surface area contributed by atoms with Crippen LogP contribution in [0, 0.1) is 3.57 Å². The van der Waals surface area contributed by atoms with Crippen molar-refractivity contribution in [1.82, 2.24) is 10.6 Å². The molecule has 1 heterocycles. The van der Waals surface area contributed by atoms with Gasteiger partial charge in [0.05, 0.1) is 17.7 Å². The molecule has 38 heavy (non-hydrogen) atoms. The first-order chi connectivity index (χ1) is 18.6. The molecule has 0 fully saturated rings. The predicted octanol–water partition coefficient (Wildman–Crippen LogP) is 5.82. The van der Waals surface area contributed by atoms with Gasteiger partial charge in [-0.1, -0.05) is 78.9 Å². The van der Waals surface area contributed by atoms with E-state index in [0.717, 1.165) is 16.7 Å². The van der Waals surface area contributed by atoms with Crippen molar-refractivity contribution in [2.75, 3.05) is 6.54 Å². The fourth-order valence-electron chi connectivity index (χ4n) is 4.56. The van der Waals surface area contributed by atoms with Gasteiger partial charge in [-0.15, -0.1) is 0 Å². The highest BCUT2D eigenvalue weighted by atomic mass is 127. The van der Waals surface area contributed by atoms with Crippen molar-refractivity contribution in [1.29, 1.82) is 0 Å². The third-order valence-corrected chi connectivity index (χ3v) is 7.18. The maximum absolute atomic E-state index is 13.8. The molecule has 0 aromatic heterocycles. The molecule has 0 saturated heterocycles. The van der Waals surface area contributed by atoms with Gasteiger partial charge in [-0.2, -0.15) is 0 Å². The van der Waals surface area contributed by atoms with Crippen molar-refractivity contribution in [2.45, 2.75) is 25.1 Å². The van der Waals surface area contributed by atoms with E-state index < -0.39 is 12.1 Å². The van der Waals surface area contributed by atoms with Crippen molar-refractivity contribution in [3.05, 3.63) is 129 Å². The molecule has 1 aliphatic heterocycles. The minimum absolute atomic E-state index is 0.254. The Kier molecular flexibility index (Phi) is 8.53. The summed E-state index contributed by atoms with van der Waals surface area (Å²) in [6.45, 7) is 0.970. The first-order valence-corrected chi connectivity index (χ1v) is 13.7. The Morgan fingerprint density at radius 1 is 0.842 bits per heavy atom. The van der Waals surface area contributed by atoms with Gasteiger partial charge in [0, 0.05) is 27.8 Å². The van der Waals surface area contributed by atoms with Gasteiger partial charge in [-0.25, -0.2) is 0 Å². The smallest absolute Gasteiger partial charge is 0.252 e. The fourth-order valence-corrected chi connectivity index (χ4v) is 5.17. The van der Waals surface area contributed by atoms with Crippen molar-refractivity contribution < 1.29 is 14.6 Å². The number of aliphatic hydroxyl groups excluding tert-OH is 1. The van der Waals surface area contributed by atoms with E-state index in [9.17, 15) is 9.90 Å². The summed E-state index contributed by atoms with van der Waals surface area (Å²) in [7, 11) is 0. The quantitative estimate of drug-likeness (QED) is 0.208. The minimum Gasteiger partial charge on any atom is -0.456 e. The molecule has 4 aromatic rings. The SMILES string of the molecule is O=C(N[C@@H](Cc1ccccc1)[C@H](O)CNCc1cccc(I)c1)C1=Cc2ccccc2Oc2ccccc21. The van der Waals surface area contributed by atoms with Crippen LogP contribution in [0.5, 0.6) is 11.5 Å². The summed E-state index contributed by atoms with van der Waals surface area (Å²) in [5.41, 5.74) is 4.23. The molecule has 6 heteroatoms. The Morgan fingerprint density at radius 3 is 2.37 bits per heavy atom. The highest BCUT2D eigenvalue weighted by Crippen LogP contribution is 2.37. The number of aliphatic hydroxyl groups is 1. The van der Waals surface area contributed by atoms with Crippen molar-refractivity contribution >= 4 is 40.1 Å². The average molecular weight is 616 g/mol. The largest absolute Gasteiger partial charge is 0.456 e. The normalized spacial score (nSPS) is 13.7. The monoisotopic (exact) mass is 616 g/mol. The molecule has 5 rings (SSSR count). The Labute approximate surface area is 236 Å². The fraction of sp³-hybridized carbons (Fsp3) is 0.156. The topological polar surface area (TPSA) is 70.6 Å². The highest BCUT2D eigenvalue weighted by Gasteiger charge is 2.26. The summed E-state index contributed by atoms with van der Waals surface area (Å²) in [6, 6.07) is 32.8. The summed E-state index contributed by atoms with van der Waals surface area (Å²) in [6.07, 6.45) is 1.56. The lowest BCUT2D eigenvalue weighted by Gasteiger charge is -2.25. The maximum atomic E-state index is 13.8. The van der Waals surface area contributed by atoms with Crippen LogP contribution in [0.3, 0.4) is 0 Å². The number of carbonyl (C=O) groups is 1. The van der Waals surface area contributed by atoms with E-state index in [0.29, 0.717) is 42.1 Å². The Morgan fingerprint density at radius 2 is 1.55 bits per heavy atom. The lowest BCUT2D eigenvalue weighted by molar-refractivity contribution is -0.117. The molecule has 2 atom stereocenters. The van der Waals surface area contributed by atoms with Crippen molar-refractivity contribution in [2.24, 2.45) is 0 Å². The standard InChI is InChI=1S/C32H29IN2O3/c33-25-13-8-11-23(17-25)20-34-21-29(36)28(18-22-9-2-1-3-10-22)35-32(37)27-19-24-12-4-6-15-30(24)38-31-16-7-5-14-26(27)31/h1-17,19,28-29,34,36H,18,20-21H2,(H,35,37)/t28-,29+/m0/s1. The van der Waals surface area contributed by atoms with Gasteiger partial charge in [-0.3, -0.25) is 4.79 Å². The van der Waals surface area contributed by atoms with Gasteiger partial charge in [0.1, 0.15) is 11.5 Å². The van der Waals surface area contributed by atoms with E-state index in [1.807, 2.05) is 97.1 Å². The highest BCUT2D eigenvalue weighted by molar-refractivity contribution is 14.1. The molecule has 1 aliphatic rings. The molecule has 3 N–H and O–H groups in total. The number of nitrogens with one attached hydrogen (secondary N) is 2. The second-order valence-corrected chi connectivity index (χ2v) is 10.5. The third-order valence-electron chi connectivity index (χ3n) is 6.51. The zero-order chi connectivity index (χ0) is 26.3. The number of benzene rings is 4. The minimum atomic E-state index is -0.799. The van der Waals surface area contributed by atoms with Crippen LogP contribution in [0.1, 0.15) is 22.3 Å². The van der Waals surface area contributed by atoms with Crippen molar-refractivity contribution in [3.8, 4) is 11.5 Å². The first-order valence-electron chi connectivity index (χ1n) is 12.6. The van der Waals surface area contributed by atoms with E-state index in [-0.39, 0.29) is 5.91 Å². The number of fused-ring (bicyclic) bond motifs is 2. The lowest BCUT2D eigenvalue weighted by Crippen LogP contribution is -2.48. The molecule has 0 unspecified atom stereocenters. The van der Waals surface area contributed by atoms with Gasteiger partial charge < -0.3 is 20.5 Å². The van der Waals surface area contributed by atoms with Crippen LogP contribution in [-0.2, 0) is 17.8 Å². The molecule has 0 radical (unpaired) electrons. The van der Waals surface area contributed by atoms with E-state index in [1.165, 1.54) is 3.57 Å². The van der Waals surface area contributed by atoms with Gasteiger partial charge in [-0.05, 0) is 70.5 Å². The van der Waals surface area contributed by atoms with Crippen LogP contribution in [-0.4, -0.2) is 29.7 Å². The maximum Gasteiger partial charge on any atom is 0.252 e. The number of rotatable bonds is 9. The molecular formula is C32H29IN2O3. The Balaban J connectivity index is 1.37. The molecule has 4 aromatic carbocycles. The van der Waals surface area contributed by atoms with E-state index >= 15 is 0 Å². The number of hydrogen-bond donors (Lipinski definition) is 3. The number of hydrogen-bond acceptors (Lipinski definition) is 4. The number of para-hydroxylation sites is 2. The van der Waals surface area contributed by atoms with Crippen LogP contribution in [0.4, 0.5) is 0 Å². The zero-order valence-electron chi connectivity index (χ0n) is 20.8. The second kappa shape index (κ2) is 12.4. The summed E-state index contributed by atoms with van der Waals surface area (Å²) >= 11 is 2.29. The van der Waals surface area contributed by atoms with E-state index in [4.69, 9.17) is 4.74 Å². The molecule has 5 nitrogen and oxygen atoms in total. The Hall–Kier alpha value is -3.46. The second-order valence-electron chi connectivity index (χ2n) is 9.29. The number of amides is 1. The van der Waals surface area contributed by atoms with Crippen LogP contribution in [0.2, 0.25) is 0 Å². The van der Waals surface area contributed by atoms with Crippen LogP contribution < -0.4 is 15.4 Å². The molecule has 0 aliphatic carbocycles. The summed E-state index contributed by atoms with van der Waals surface area (Å²) in [4.78, 5) is 13.8. The van der Waals surface area contributed by atoms with Crippen LogP contribution in [0.25, 0.3) is 11.6 Å². The third kappa shape index (κ3) is 6.51. The van der Waals surface area contributed by atoms with Gasteiger partial charge >= 0.3 is 0 Å². The van der Waals surface area contributed by atoms with E-state index in [1.54, 1.807) is 0 Å². The lowest BCUT2D eigenvalue weighted by atomic mass is 9.98. The Bertz CT molecular complexity index is 1440. The molecule has 0 spiro atoms. The summed E-state index contributed by atoms with van der Waals surface area (Å²) < 4.78 is 7.31. The molecule has 0 bridgehead atoms. The first kappa shape index (κ1) is 26.2. The molecular weight excluding hydrogens is 587 g/mol. The molecule has 1 amide bonds. The van der Waals surface area contributed by atoms with Gasteiger partial charge in [0.25, 0.3) is 5.91 Å². The van der Waals surface area contributed by atoms with E-state index in [2.05, 4.69) is 45.4 Å². The predicted molar refractivity (Wildman–Crippen MR) is 160 cm³/mol. The number of halogens is 1. The molecule has 0 saturated carbocycles. The van der Waals surface area contributed by atoms with Crippen molar-refractivity contribution in [3.63, 3.8) is 0 Å². The van der Waals surface area contributed by atoms with Crippen LogP contribution in [0.15, 0.2) is 103 Å². The number of ether oxygens (including phenoxy) is 1. The summed E-state index contributed by atoms with van der Waals surface area (Å²) in [5.74, 6) is 1.07. The average Bonchev–Trinajstić information content (AvgIpc) is 3.10. The summed E-state index contributed by atoms with van der Waals surface area (Å²) in [5, 5.41) is 17.7. The molecule has 192 valence electrons. The number of carbonyl (C=O) groups excluding carboxylic acids is 1. The zero-order valence-corrected chi connectivity index (χ0v) is 23.0. The van der Waals surface area contributed by atoms with Gasteiger partial charge in [0.15, 0.2) is 0 Å². The van der Waals surface area contributed by atoms with Gasteiger partial charge in [0.2, 0.25) is 0 Å². The van der Waals surface area contributed by atoms with Crippen LogP contribution >= 0.6 is 22.6 Å².